The number of halogens is 1. The smallest absolute Gasteiger partial charge is 0.325 e. The summed E-state index contributed by atoms with van der Waals surface area (Å²) in [6.45, 7) is 4.11. The van der Waals surface area contributed by atoms with E-state index in [-0.39, 0.29) is 24.4 Å². The molecular weight excluding hydrogens is 252 g/mol. The summed E-state index contributed by atoms with van der Waals surface area (Å²) >= 11 is 5.79. The maximum Gasteiger partial charge on any atom is 0.325 e. The van der Waals surface area contributed by atoms with Crippen LogP contribution in [0.3, 0.4) is 0 Å². The van der Waals surface area contributed by atoms with Crippen molar-refractivity contribution in [3.05, 3.63) is 34.9 Å². The molecule has 1 aliphatic heterocycles. The number of amides is 3. The standard InChI is InChI=1S/C13H15ClN2O2/c1-8(2)11-12(17)16(13(18)15-11)7-9-3-5-10(14)6-4-9/h3-6,8,11H,7H2,1-2H3,(H,15,18)/t11-/m1/s1. The number of nitrogens with one attached hydrogen (secondary N) is 1. The van der Waals surface area contributed by atoms with Gasteiger partial charge in [0.15, 0.2) is 0 Å². The largest absolute Gasteiger partial charge is 0.326 e. The van der Waals surface area contributed by atoms with Gasteiger partial charge in [0.05, 0.1) is 6.54 Å². The van der Waals surface area contributed by atoms with E-state index < -0.39 is 6.04 Å². The minimum absolute atomic E-state index is 0.0941. The number of urea groups is 1. The van der Waals surface area contributed by atoms with Crippen molar-refractivity contribution in [1.29, 1.82) is 0 Å². The Hall–Kier alpha value is -1.55. The molecule has 96 valence electrons. The third kappa shape index (κ3) is 2.48. The average molecular weight is 267 g/mol. The zero-order valence-corrected chi connectivity index (χ0v) is 11.1. The van der Waals surface area contributed by atoms with Gasteiger partial charge in [0.1, 0.15) is 6.04 Å². The second-order valence-corrected chi connectivity index (χ2v) is 5.16. The van der Waals surface area contributed by atoms with Crippen LogP contribution in [0.5, 0.6) is 0 Å². The molecule has 1 heterocycles. The molecule has 1 fully saturated rings. The Kier molecular flexibility index (Phi) is 3.57. The van der Waals surface area contributed by atoms with E-state index in [4.69, 9.17) is 11.6 Å². The molecule has 1 aromatic carbocycles. The van der Waals surface area contributed by atoms with Crippen molar-refractivity contribution in [2.45, 2.75) is 26.4 Å². The first-order chi connectivity index (χ1) is 8.49. The van der Waals surface area contributed by atoms with Gasteiger partial charge in [-0.3, -0.25) is 9.69 Å². The van der Waals surface area contributed by atoms with Crippen LogP contribution in [-0.4, -0.2) is 22.9 Å². The fourth-order valence-electron chi connectivity index (χ4n) is 1.91. The Labute approximate surface area is 111 Å². The number of hydrogen-bond acceptors (Lipinski definition) is 2. The van der Waals surface area contributed by atoms with Gasteiger partial charge in [0.2, 0.25) is 0 Å². The maximum absolute atomic E-state index is 12.0. The minimum atomic E-state index is -0.412. The fraction of sp³-hybridized carbons (Fsp3) is 0.385. The van der Waals surface area contributed by atoms with Crippen LogP contribution in [0.2, 0.25) is 5.02 Å². The van der Waals surface area contributed by atoms with Gasteiger partial charge in [0, 0.05) is 5.02 Å². The van der Waals surface area contributed by atoms with Crippen molar-refractivity contribution in [3.63, 3.8) is 0 Å². The zero-order valence-electron chi connectivity index (χ0n) is 10.3. The van der Waals surface area contributed by atoms with Crippen LogP contribution in [0, 0.1) is 5.92 Å². The molecule has 0 radical (unpaired) electrons. The molecule has 0 spiro atoms. The molecule has 1 saturated heterocycles. The normalized spacial score (nSPS) is 19.6. The molecule has 2 rings (SSSR count). The highest BCUT2D eigenvalue weighted by molar-refractivity contribution is 6.30. The van der Waals surface area contributed by atoms with Crippen LogP contribution in [0.15, 0.2) is 24.3 Å². The van der Waals surface area contributed by atoms with Crippen LogP contribution in [0.25, 0.3) is 0 Å². The third-order valence-corrected chi connectivity index (χ3v) is 3.23. The van der Waals surface area contributed by atoms with E-state index in [9.17, 15) is 9.59 Å². The summed E-state index contributed by atoms with van der Waals surface area (Å²) in [5, 5.41) is 3.33. The quantitative estimate of drug-likeness (QED) is 0.854. The molecule has 1 aromatic rings. The summed E-state index contributed by atoms with van der Waals surface area (Å²) in [7, 11) is 0. The van der Waals surface area contributed by atoms with E-state index in [1.807, 2.05) is 26.0 Å². The molecule has 0 aromatic heterocycles. The zero-order chi connectivity index (χ0) is 13.3. The van der Waals surface area contributed by atoms with Crippen LogP contribution in [0.4, 0.5) is 4.79 Å². The number of benzene rings is 1. The molecule has 1 atom stereocenters. The summed E-state index contributed by atoms with van der Waals surface area (Å²) < 4.78 is 0. The lowest BCUT2D eigenvalue weighted by Crippen LogP contribution is -2.34. The van der Waals surface area contributed by atoms with Crippen LogP contribution in [0.1, 0.15) is 19.4 Å². The summed E-state index contributed by atoms with van der Waals surface area (Å²) in [6.07, 6.45) is 0. The second kappa shape index (κ2) is 4.98. The van der Waals surface area contributed by atoms with E-state index in [1.54, 1.807) is 12.1 Å². The van der Waals surface area contributed by atoms with Crippen molar-refractivity contribution in [3.8, 4) is 0 Å². The molecule has 3 amide bonds. The first kappa shape index (κ1) is 12.9. The molecule has 0 aliphatic carbocycles. The Bertz CT molecular complexity index is 470. The van der Waals surface area contributed by atoms with Gasteiger partial charge < -0.3 is 5.32 Å². The van der Waals surface area contributed by atoms with Gasteiger partial charge in [-0.25, -0.2) is 4.79 Å². The highest BCUT2D eigenvalue weighted by Gasteiger charge is 2.39. The van der Waals surface area contributed by atoms with Crippen molar-refractivity contribution < 1.29 is 9.59 Å². The van der Waals surface area contributed by atoms with Gasteiger partial charge in [-0.2, -0.15) is 0 Å². The van der Waals surface area contributed by atoms with E-state index >= 15 is 0 Å². The molecule has 1 N–H and O–H groups in total. The first-order valence-corrected chi connectivity index (χ1v) is 6.23. The molecule has 0 bridgehead atoms. The van der Waals surface area contributed by atoms with E-state index in [0.29, 0.717) is 5.02 Å². The van der Waals surface area contributed by atoms with Crippen LogP contribution in [-0.2, 0) is 11.3 Å². The monoisotopic (exact) mass is 266 g/mol. The van der Waals surface area contributed by atoms with E-state index in [2.05, 4.69) is 5.32 Å². The molecule has 0 saturated carbocycles. The SMILES string of the molecule is CC(C)[C@H]1NC(=O)N(Cc2ccc(Cl)cc2)C1=O. The Morgan fingerprint density at radius 2 is 1.89 bits per heavy atom. The number of nitrogens with zero attached hydrogens (tertiary/aromatic N) is 1. The van der Waals surface area contributed by atoms with Crippen LogP contribution >= 0.6 is 11.6 Å². The Morgan fingerprint density at radius 1 is 1.28 bits per heavy atom. The molecule has 1 aliphatic rings. The van der Waals surface area contributed by atoms with Crippen molar-refractivity contribution >= 4 is 23.5 Å². The number of carbonyl (C=O) groups is 2. The molecular formula is C13H15ClN2O2. The van der Waals surface area contributed by atoms with Crippen molar-refractivity contribution in [2.24, 2.45) is 5.92 Å². The first-order valence-electron chi connectivity index (χ1n) is 5.85. The molecule has 0 unspecified atom stereocenters. The minimum Gasteiger partial charge on any atom is -0.326 e. The van der Waals surface area contributed by atoms with E-state index in [1.165, 1.54) is 4.90 Å². The lowest BCUT2D eigenvalue weighted by atomic mass is 10.0. The van der Waals surface area contributed by atoms with Gasteiger partial charge >= 0.3 is 6.03 Å². The van der Waals surface area contributed by atoms with Crippen LogP contribution < -0.4 is 5.32 Å². The number of rotatable bonds is 3. The van der Waals surface area contributed by atoms with Crippen molar-refractivity contribution in [1.82, 2.24) is 10.2 Å². The summed E-state index contributed by atoms with van der Waals surface area (Å²) in [4.78, 5) is 25.0. The highest BCUT2D eigenvalue weighted by Crippen LogP contribution is 2.17. The maximum atomic E-state index is 12.0. The Morgan fingerprint density at radius 3 is 2.39 bits per heavy atom. The van der Waals surface area contributed by atoms with Gasteiger partial charge in [-0.15, -0.1) is 0 Å². The fourth-order valence-corrected chi connectivity index (χ4v) is 2.04. The lowest BCUT2D eigenvalue weighted by molar-refractivity contribution is -0.128. The summed E-state index contributed by atoms with van der Waals surface area (Å²) in [6, 6.07) is 6.38. The predicted octanol–water partition coefficient (Wildman–Crippen LogP) is 2.42. The van der Waals surface area contributed by atoms with Gasteiger partial charge in [0.25, 0.3) is 5.91 Å². The van der Waals surface area contributed by atoms with Gasteiger partial charge in [-0.1, -0.05) is 37.6 Å². The number of imide groups is 1. The number of hydrogen-bond donors (Lipinski definition) is 1. The molecule has 4 nitrogen and oxygen atoms in total. The molecule has 5 heteroatoms. The number of carbonyl (C=O) groups excluding carboxylic acids is 2. The second-order valence-electron chi connectivity index (χ2n) is 4.72. The van der Waals surface area contributed by atoms with E-state index in [0.717, 1.165) is 5.56 Å². The lowest BCUT2D eigenvalue weighted by Gasteiger charge is -2.14. The predicted molar refractivity (Wildman–Crippen MR) is 69.2 cm³/mol. The Balaban J connectivity index is 2.12. The summed E-state index contributed by atoms with van der Waals surface area (Å²) in [5.74, 6) is -0.0679. The summed E-state index contributed by atoms with van der Waals surface area (Å²) in [5.41, 5.74) is 0.882. The molecule has 18 heavy (non-hydrogen) atoms. The highest BCUT2D eigenvalue weighted by atomic mass is 35.5. The van der Waals surface area contributed by atoms with Crippen molar-refractivity contribution in [2.75, 3.05) is 0 Å². The third-order valence-electron chi connectivity index (χ3n) is 2.98. The average Bonchev–Trinajstić information content (AvgIpc) is 2.60. The van der Waals surface area contributed by atoms with Gasteiger partial charge in [-0.05, 0) is 23.6 Å². The topological polar surface area (TPSA) is 49.4 Å².